The average molecular weight is 256 g/mol. The largest absolute Gasteiger partial charge is 0.469 e. The van der Waals surface area contributed by atoms with E-state index >= 15 is 0 Å². The number of esters is 1. The lowest BCUT2D eigenvalue weighted by atomic mass is 10.2. The van der Waals surface area contributed by atoms with Crippen LogP contribution >= 0.6 is 23.4 Å². The van der Waals surface area contributed by atoms with Crippen molar-refractivity contribution in [3.05, 3.63) is 28.8 Å². The molecule has 0 radical (unpaired) electrons. The summed E-state index contributed by atoms with van der Waals surface area (Å²) < 4.78 is 4.53. The number of carbonyl (C=O) groups is 1. The van der Waals surface area contributed by atoms with Crippen molar-refractivity contribution in [1.82, 2.24) is 0 Å². The standard InChI is InChI=1S/C11H10ClNO2S/c1-15-11(14)4-5-16-10-3-2-9(12)6-8(10)7-13/h2-3,6H,4-5H2,1H3. The van der Waals surface area contributed by atoms with E-state index in [1.807, 2.05) is 0 Å². The number of hydrogen-bond acceptors (Lipinski definition) is 4. The van der Waals surface area contributed by atoms with Crippen molar-refractivity contribution in [3.8, 4) is 6.07 Å². The highest BCUT2D eigenvalue weighted by Crippen LogP contribution is 2.25. The molecule has 0 bridgehead atoms. The number of ether oxygens (including phenoxy) is 1. The van der Waals surface area contributed by atoms with Crippen LogP contribution in [0.2, 0.25) is 5.02 Å². The van der Waals surface area contributed by atoms with Crippen LogP contribution in [0.15, 0.2) is 23.1 Å². The molecule has 3 nitrogen and oxygen atoms in total. The Bertz CT molecular complexity index is 428. The van der Waals surface area contributed by atoms with Crippen LogP contribution < -0.4 is 0 Å². The molecule has 1 aromatic carbocycles. The molecular formula is C11H10ClNO2S. The van der Waals surface area contributed by atoms with Crippen LogP contribution in [0.3, 0.4) is 0 Å². The number of rotatable bonds is 4. The maximum absolute atomic E-state index is 10.9. The van der Waals surface area contributed by atoms with E-state index in [2.05, 4.69) is 10.8 Å². The van der Waals surface area contributed by atoms with Crippen LogP contribution in [0.5, 0.6) is 0 Å². The number of benzene rings is 1. The molecule has 0 aromatic heterocycles. The molecule has 0 aliphatic rings. The number of halogens is 1. The molecule has 1 rings (SSSR count). The number of hydrogen-bond donors (Lipinski definition) is 0. The van der Waals surface area contributed by atoms with Gasteiger partial charge in [-0.3, -0.25) is 4.79 Å². The van der Waals surface area contributed by atoms with E-state index in [0.29, 0.717) is 22.8 Å². The van der Waals surface area contributed by atoms with Crippen molar-refractivity contribution in [1.29, 1.82) is 5.26 Å². The monoisotopic (exact) mass is 255 g/mol. The summed E-state index contributed by atoms with van der Waals surface area (Å²) in [5, 5.41) is 9.42. The van der Waals surface area contributed by atoms with Gasteiger partial charge in [0.25, 0.3) is 0 Å². The molecule has 0 atom stereocenters. The fourth-order valence-corrected chi connectivity index (χ4v) is 2.15. The van der Waals surface area contributed by atoms with Gasteiger partial charge in [-0.25, -0.2) is 0 Å². The second-order valence-electron chi connectivity index (χ2n) is 2.93. The summed E-state index contributed by atoms with van der Waals surface area (Å²) in [6.45, 7) is 0. The smallest absolute Gasteiger partial charge is 0.306 e. The van der Waals surface area contributed by atoms with Gasteiger partial charge in [0.2, 0.25) is 0 Å². The number of nitrogens with zero attached hydrogens (tertiary/aromatic N) is 1. The minimum absolute atomic E-state index is 0.250. The molecule has 5 heteroatoms. The van der Waals surface area contributed by atoms with E-state index < -0.39 is 0 Å². The molecule has 0 aliphatic heterocycles. The lowest BCUT2D eigenvalue weighted by Crippen LogP contribution is -2.01. The van der Waals surface area contributed by atoms with E-state index in [1.165, 1.54) is 18.9 Å². The lowest BCUT2D eigenvalue weighted by molar-refractivity contribution is -0.140. The first-order valence-electron chi connectivity index (χ1n) is 4.56. The van der Waals surface area contributed by atoms with E-state index in [-0.39, 0.29) is 5.97 Å². The Hall–Kier alpha value is -1.18. The first-order valence-corrected chi connectivity index (χ1v) is 5.93. The third kappa shape index (κ3) is 3.76. The number of methoxy groups -OCH3 is 1. The highest BCUT2D eigenvalue weighted by atomic mass is 35.5. The number of thioether (sulfide) groups is 1. The van der Waals surface area contributed by atoms with Gasteiger partial charge in [-0.05, 0) is 18.2 Å². The van der Waals surface area contributed by atoms with Crippen LogP contribution in [0, 0.1) is 11.3 Å². The van der Waals surface area contributed by atoms with Gasteiger partial charge < -0.3 is 4.74 Å². The van der Waals surface area contributed by atoms with Gasteiger partial charge in [-0.1, -0.05) is 11.6 Å². The summed E-state index contributed by atoms with van der Waals surface area (Å²) in [7, 11) is 1.36. The van der Waals surface area contributed by atoms with Gasteiger partial charge in [0.15, 0.2) is 0 Å². The molecule has 0 amide bonds. The van der Waals surface area contributed by atoms with Crippen molar-refractivity contribution >= 4 is 29.3 Å². The molecular weight excluding hydrogens is 246 g/mol. The quantitative estimate of drug-likeness (QED) is 0.613. The molecule has 0 heterocycles. The van der Waals surface area contributed by atoms with Crippen LogP contribution in [0.25, 0.3) is 0 Å². The first-order chi connectivity index (χ1) is 7.67. The van der Waals surface area contributed by atoms with Crippen molar-refractivity contribution in [2.24, 2.45) is 0 Å². The second-order valence-corrected chi connectivity index (χ2v) is 4.50. The highest BCUT2D eigenvalue weighted by Gasteiger charge is 2.05. The zero-order valence-electron chi connectivity index (χ0n) is 8.70. The molecule has 0 unspecified atom stereocenters. The molecule has 0 saturated heterocycles. The Morgan fingerprint density at radius 2 is 2.38 bits per heavy atom. The predicted octanol–water partition coefficient (Wildman–Crippen LogP) is 2.87. The van der Waals surface area contributed by atoms with Gasteiger partial charge in [-0.15, -0.1) is 11.8 Å². The molecule has 0 aliphatic carbocycles. The van der Waals surface area contributed by atoms with Crippen LogP contribution in [-0.2, 0) is 9.53 Å². The van der Waals surface area contributed by atoms with Gasteiger partial charge >= 0.3 is 5.97 Å². The zero-order valence-corrected chi connectivity index (χ0v) is 10.3. The minimum atomic E-state index is -0.250. The van der Waals surface area contributed by atoms with Crippen molar-refractivity contribution in [2.75, 3.05) is 12.9 Å². The Balaban J connectivity index is 2.61. The Morgan fingerprint density at radius 3 is 3.00 bits per heavy atom. The molecule has 1 aromatic rings. The van der Waals surface area contributed by atoms with Gasteiger partial charge in [-0.2, -0.15) is 5.26 Å². The van der Waals surface area contributed by atoms with E-state index in [1.54, 1.807) is 18.2 Å². The maximum atomic E-state index is 10.9. The summed E-state index contributed by atoms with van der Waals surface area (Å²) in [6, 6.07) is 7.19. The summed E-state index contributed by atoms with van der Waals surface area (Å²) in [5.41, 5.74) is 0.530. The first kappa shape index (κ1) is 12.9. The molecule has 0 fully saturated rings. The normalized spacial score (nSPS) is 9.56. The lowest BCUT2D eigenvalue weighted by Gasteiger charge is -2.03. The molecule has 0 spiro atoms. The third-order valence-electron chi connectivity index (χ3n) is 1.85. The Morgan fingerprint density at radius 1 is 1.62 bits per heavy atom. The maximum Gasteiger partial charge on any atom is 0.306 e. The zero-order chi connectivity index (χ0) is 12.0. The summed E-state index contributed by atoms with van der Waals surface area (Å²) in [4.78, 5) is 11.7. The molecule has 0 N–H and O–H groups in total. The molecule has 16 heavy (non-hydrogen) atoms. The fraction of sp³-hybridized carbons (Fsp3) is 0.273. The summed E-state index contributed by atoms with van der Waals surface area (Å²) >= 11 is 7.21. The Kier molecular flexibility index (Phi) is 5.17. The van der Waals surface area contributed by atoms with Crippen molar-refractivity contribution < 1.29 is 9.53 Å². The third-order valence-corrected chi connectivity index (χ3v) is 3.16. The second kappa shape index (κ2) is 6.41. The van der Waals surface area contributed by atoms with Crippen molar-refractivity contribution in [3.63, 3.8) is 0 Å². The SMILES string of the molecule is COC(=O)CCSc1ccc(Cl)cc1C#N. The molecule has 0 saturated carbocycles. The fourth-order valence-electron chi connectivity index (χ4n) is 1.06. The van der Waals surface area contributed by atoms with Crippen molar-refractivity contribution in [2.45, 2.75) is 11.3 Å². The number of carbonyl (C=O) groups excluding carboxylic acids is 1. The van der Waals surface area contributed by atoms with Gasteiger partial charge in [0, 0.05) is 15.7 Å². The van der Waals surface area contributed by atoms with Gasteiger partial charge in [0.05, 0.1) is 19.1 Å². The minimum Gasteiger partial charge on any atom is -0.469 e. The summed E-state index contributed by atoms with van der Waals surface area (Å²) in [5.74, 6) is 0.336. The molecule has 84 valence electrons. The Labute approximate surface area is 103 Å². The topological polar surface area (TPSA) is 50.1 Å². The van der Waals surface area contributed by atoms with Crippen LogP contribution in [0.1, 0.15) is 12.0 Å². The average Bonchev–Trinajstić information content (AvgIpc) is 2.30. The number of nitriles is 1. The van der Waals surface area contributed by atoms with Gasteiger partial charge in [0.1, 0.15) is 6.07 Å². The van der Waals surface area contributed by atoms with Crippen LogP contribution in [0.4, 0.5) is 0 Å². The van der Waals surface area contributed by atoms with Crippen LogP contribution in [-0.4, -0.2) is 18.8 Å². The van der Waals surface area contributed by atoms with E-state index in [0.717, 1.165) is 4.90 Å². The summed E-state index contributed by atoms with van der Waals surface area (Å²) in [6.07, 6.45) is 0.328. The predicted molar refractivity (Wildman–Crippen MR) is 63.5 cm³/mol. The van der Waals surface area contributed by atoms with E-state index in [9.17, 15) is 4.79 Å². The highest BCUT2D eigenvalue weighted by molar-refractivity contribution is 7.99. The van der Waals surface area contributed by atoms with E-state index in [4.69, 9.17) is 16.9 Å².